The second-order valence-electron chi connectivity index (χ2n) is 19.9. The quantitative estimate of drug-likeness (QED) is 0.180. The Hall–Kier alpha value is -8.60. The van der Waals surface area contributed by atoms with E-state index in [9.17, 15) is 20.1 Å². The summed E-state index contributed by atoms with van der Waals surface area (Å²) < 4.78 is 9.28. The molecular weight excluding hydrogens is 937 g/mol. The fraction of sp³-hybridized carbons (Fsp3) is 0.385. The summed E-state index contributed by atoms with van der Waals surface area (Å²) in [4.78, 5) is 59.9. The normalized spacial score (nSPS) is 18.7. The second-order valence-corrected chi connectivity index (χ2v) is 19.9. The Morgan fingerprint density at radius 1 is 0.595 bits per heavy atom. The predicted octanol–water partition coefficient (Wildman–Crippen LogP) is 2.56. The summed E-state index contributed by atoms with van der Waals surface area (Å²) in [5.74, 6) is 2.11. The van der Waals surface area contributed by atoms with Gasteiger partial charge in [-0.1, -0.05) is 0 Å². The average Bonchev–Trinajstić information content (AvgIpc) is 4.33. The molecule has 0 bridgehead atoms. The molecule has 8 aromatic rings. The van der Waals surface area contributed by atoms with Crippen LogP contribution < -0.4 is 14.5 Å². The average molecular weight is 992 g/mol. The van der Waals surface area contributed by atoms with Crippen molar-refractivity contribution in [3.8, 4) is 57.2 Å². The van der Waals surface area contributed by atoms with Gasteiger partial charge < -0.3 is 24.5 Å². The number of carbonyl (C=O) groups excluding carboxylic acids is 2. The molecule has 4 aliphatic rings. The molecule has 74 heavy (non-hydrogen) atoms. The number of aryl methyl sites for hydroxylation is 2. The summed E-state index contributed by atoms with van der Waals surface area (Å²) >= 11 is 0. The molecule has 0 radical (unpaired) electrons. The molecule has 4 fully saturated rings. The highest BCUT2D eigenvalue weighted by Gasteiger charge is 2.36. The zero-order valence-corrected chi connectivity index (χ0v) is 41.6. The Morgan fingerprint density at radius 2 is 1.14 bits per heavy atom. The molecule has 2 atom stereocenters. The van der Waals surface area contributed by atoms with Gasteiger partial charge >= 0.3 is 0 Å². The van der Waals surface area contributed by atoms with Crippen LogP contribution in [0.5, 0.6) is 0 Å². The molecule has 374 valence electrons. The summed E-state index contributed by atoms with van der Waals surface area (Å²) in [5.41, 5.74) is 7.95. The number of hydrogen-bond donors (Lipinski definition) is 0. The fourth-order valence-corrected chi connectivity index (χ4v) is 11.0. The van der Waals surface area contributed by atoms with Gasteiger partial charge in [-0.05, 0) is 50.7 Å². The van der Waals surface area contributed by atoms with Crippen LogP contribution in [0.25, 0.3) is 56.1 Å². The molecule has 2 amide bonds. The number of aromatic nitrogens is 12. The van der Waals surface area contributed by atoms with Gasteiger partial charge in [-0.3, -0.25) is 14.3 Å². The Morgan fingerprint density at radius 3 is 1.62 bits per heavy atom. The number of pyridine rings is 2. The van der Waals surface area contributed by atoms with Crippen LogP contribution in [0, 0.1) is 34.5 Å². The van der Waals surface area contributed by atoms with Crippen LogP contribution in [-0.2, 0) is 30.4 Å². The molecule has 4 aliphatic heterocycles. The number of amides is 2. The van der Waals surface area contributed by atoms with Crippen molar-refractivity contribution in [1.82, 2.24) is 73.2 Å². The van der Waals surface area contributed by atoms with Crippen LogP contribution >= 0.6 is 0 Å². The van der Waals surface area contributed by atoms with Crippen molar-refractivity contribution >= 4 is 34.5 Å². The topological polar surface area (TPSA) is 214 Å². The first-order chi connectivity index (χ1) is 36.1. The van der Waals surface area contributed by atoms with Crippen molar-refractivity contribution in [2.45, 2.75) is 19.5 Å². The first-order valence-corrected chi connectivity index (χ1v) is 25.1. The predicted molar refractivity (Wildman–Crippen MR) is 272 cm³/mol. The SMILES string of the molecule is CN1CCC(C(=O)N2CCN(c3ccc(-c4nc(-c5cn(C)[n+](CN6CC[C@@H](C(=O)N7CCN(c8ccc(-c9nc(-c%10cnn(C)c%10)cn%10ncc(C#N)c9%10)cn8)CC7)C6)c5)cn5ncc(C#N)c45)cn3)CC2)C1. The van der Waals surface area contributed by atoms with Gasteiger partial charge in [0.2, 0.25) is 24.7 Å². The van der Waals surface area contributed by atoms with E-state index >= 15 is 0 Å². The first-order valence-electron chi connectivity index (χ1n) is 25.1. The molecule has 0 N–H and O–H groups in total. The molecule has 22 heteroatoms. The van der Waals surface area contributed by atoms with E-state index in [4.69, 9.17) is 19.9 Å². The second kappa shape index (κ2) is 19.1. The Kier molecular flexibility index (Phi) is 12.0. The molecule has 0 aromatic carbocycles. The van der Waals surface area contributed by atoms with Gasteiger partial charge in [0.05, 0.1) is 84.4 Å². The summed E-state index contributed by atoms with van der Waals surface area (Å²) in [6.07, 6.45) is 19.8. The zero-order valence-electron chi connectivity index (χ0n) is 41.6. The minimum Gasteiger partial charge on any atom is -0.353 e. The smallest absolute Gasteiger partial charge is 0.228 e. The van der Waals surface area contributed by atoms with Gasteiger partial charge in [-0.15, -0.1) is 4.68 Å². The molecular formula is C52H55N20O2+. The van der Waals surface area contributed by atoms with Gasteiger partial charge in [0.1, 0.15) is 45.9 Å². The lowest BCUT2D eigenvalue weighted by atomic mass is 10.1. The zero-order chi connectivity index (χ0) is 50.6. The molecule has 12 rings (SSSR count). The maximum absolute atomic E-state index is 14.0. The van der Waals surface area contributed by atoms with Crippen molar-refractivity contribution in [3.05, 3.63) is 97.4 Å². The molecule has 0 saturated carbocycles. The van der Waals surface area contributed by atoms with Crippen molar-refractivity contribution in [2.24, 2.45) is 25.9 Å². The Labute approximate surface area is 426 Å². The number of hydrogen-bond acceptors (Lipinski definition) is 15. The molecule has 1 unspecified atom stereocenters. The molecule has 4 saturated heterocycles. The molecule has 0 aliphatic carbocycles. The van der Waals surface area contributed by atoms with Crippen LogP contribution in [0.4, 0.5) is 11.6 Å². The first kappa shape index (κ1) is 46.5. The highest BCUT2D eigenvalue weighted by atomic mass is 16.2. The van der Waals surface area contributed by atoms with Gasteiger partial charge in [0.25, 0.3) is 0 Å². The van der Waals surface area contributed by atoms with Crippen molar-refractivity contribution in [1.29, 1.82) is 10.5 Å². The largest absolute Gasteiger partial charge is 0.353 e. The summed E-state index contributed by atoms with van der Waals surface area (Å²) in [5, 5.41) is 33.2. The Bertz CT molecular complexity index is 3510. The van der Waals surface area contributed by atoms with Crippen molar-refractivity contribution in [2.75, 3.05) is 95.4 Å². The third-order valence-electron chi connectivity index (χ3n) is 15.1. The van der Waals surface area contributed by atoms with Crippen LogP contribution in [0.2, 0.25) is 0 Å². The lowest BCUT2D eigenvalue weighted by Crippen LogP contribution is -2.51. The van der Waals surface area contributed by atoms with E-state index in [1.54, 1.807) is 44.7 Å². The number of nitrogens with zero attached hydrogens (tertiary/aromatic N) is 20. The van der Waals surface area contributed by atoms with Gasteiger partial charge in [0, 0.05) is 114 Å². The molecule has 22 nitrogen and oxygen atoms in total. The maximum atomic E-state index is 14.0. The van der Waals surface area contributed by atoms with E-state index in [2.05, 4.69) is 65.0 Å². The van der Waals surface area contributed by atoms with Crippen LogP contribution in [0.3, 0.4) is 0 Å². The third-order valence-corrected chi connectivity index (χ3v) is 15.1. The minimum atomic E-state index is -0.0911. The van der Waals surface area contributed by atoms with Crippen molar-refractivity contribution in [3.63, 3.8) is 0 Å². The molecule has 12 heterocycles. The highest BCUT2D eigenvalue weighted by molar-refractivity contribution is 5.85. The lowest BCUT2D eigenvalue weighted by molar-refractivity contribution is -0.788. The summed E-state index contributed by atoms with van der Waals surface area (Å²) in [6, 6.07) is 12.5. The summed E-state index contributed by atoms with van der Waals surface area (Å²) in [6.45, 7) is 9.18. The van der Waals surface area contributed by atoms with Gasteiger partial charge in [-0.2, -0.15) is 30.5 Å². The van der Waals surface area contributed by atoms with Gasteiger partial charge in [0.15, 0.2) is 0 Å². The van der Waals surface area contributed by atoms with E-state index in [-0.39, 0.29) is 23.7 Å². The summed E-state index contributed by atoms with van der Waals surface area (Å²) in [7, 11) is 5.92. The standard InChI is InChI=1S/C52H55N20O2/c1-62-10-8-37(27-62)51(73)68-16-12-66(13-17-68)46-7-5-36(23-56-46)48-50-40(21-54)25-59-72(50)33-44(61-48)42-29-64(3)70(31-42)34-65-11-9-38(30-65)52(74)69-18-14-67(15-19-69)45-6-4-35(22-55-45)47-49-39(20-53)24-58-71(49)32-43(60-47)41-26-57-63(2)28-41/h4-7,22-26,28-29,31-33,37-38H,8-19,27,30,34H2,1-3H3/q+1/t37?,38-/m1/s1. The minimum absolute atomic E-state index is 0.0899. The lowest BCUT2D eigenvalue weighted by Gasteiger charge is -2.36. The Balaban J connectivity index is 0.675. The van der Waals surface area contributed by atoms with E-state index in [0.29, 0.717) is 111 Å². The number of likely N-dealkylation sites (tertiary alicyclic amines) is 2. The van der Waals surface area contributed by atoms with Gasteiger partial charge in [-0.25, -0.2) is 33.9 Å². The molecule has 8 aromatic heterocycles. The van der Waals surface area contributed by atoms with E-state index < -0.39 is 0 Å². The molecule has 0 spiro atoms. The fourth-order valence-electron chi connectivity index (χ4n) is 11.0. The number of carbonyl (C=O) groups is 2. The van der Waals surface area contributed by atoms with E-state index in [1.807, 2.05) is 77.6 Å². The number of anilines is 2. The third kappa shape index (κ3) is 8.71. The number of fused-ring (bicyclic) bond motifs is 2. The van der Waals surface area contributed by atoms with E-state index in [0.717, 1.165) is 66.4 Å². The van der Waals surface area contributed by atoms with E-state index in [1.165, 1.54) is 0 Å². The van der Waals surface area contributed by atoms with Crippen LogP contribution in [-0.4, -0.2) is 171 Å². The number of rotatable bonds is 10. The number of piperazine rings is 2. The highest BCUT2D eigenvalue weighted by Crippen LogP contribution is 2.32. The van der Waals surface area contributed by atoms with Crippen LogP contribution in [0.15, 0.2) is 86.2 Å². The van der Waals surface area contributed by atoms with Crippen molar-refractivity contribution < 1.29 is 14.3 Å². The number of nitriles is 2. The maximum Gasteiger partial charge on any atom is 0.228 e. The monoisotopic (exact) mass is 991 g/mol. The van der Waals surface area contributed by atoms with Crippen LogP contribution in [0.1, 0.15) is 24.0 Å².